The first-order chi connectivity index (χ1) is 9.08. The Morgan fingerprint density at radius 3 is 2.37 bits per heavy atom. The third-order valence-electron chi connectivity index (χ3n) is 2.97. The van der Waals surface area contributed by atoms with Crippen molar-refractivity contribution in [2.24, 2.45) is 5.73 Å². The average Bonchev–Trinajstić information content (AvgIpc) is 2.39. The molecule has 0 heterocycles. The summed E-state index contributed by atoms with van der Waals surface area (Å²) in [6.45, 7) is 6.07. The summed E-state index contributed by atoms with van der Waals surface area (Å²) in [5.41, 5.74) is 9.34. The van der Waals surface area contributed by atoms with E-state index >= 15 is 0 Å². The molecule has 2 nitrogen and oxygen atoms in total. The fourth-order valence-corrected chi connectivity index (χ4v) is 2.05. The predicted molar refractivity (Wildman–Crippen MR) is 80.2 cm³/mol. The quantitative estimate of drug-likeness (QED) is 0.890. The SMILES string of the molecule is CC(C)Oc1ccccc1-c1cccc(C(C)N)c1. The Balaban J connectivity index is 2.43. The van der Waals surface area contributed by atoms with Crippen molar-refractivity contribution in [1.82, 2.24) is 0 Å². The summed E-state index contributed by atoms with van der Waals surface area (Å²) in [7, 11) is 0. The van der Waals surface area contributed by atoms with Crippen LogP contribution >= 0.6 is 0 Å². The molecule has 2 aromatic carbocycles. The molecule has 0 saturated heterocycles. The van der Waals surface area contributed by atoms with Crippen LogP contribution in [0.3, 0.4) is 0 Å². The fourth-order valence-electron chi connectivity index (χ4n) is 2.05. The second-order valence-electron chi connectivity index (χ2n) is 5.08. The van der Waals surface area contributed by atoms with Crippen LogP contribution in [0.1, 0.15) is 32.4 Å². The molecule has 0 fully saturated rings. The van der Waals surface area contributed by atoms with Crippen LogP contribution in [-0.4, -0.2) is 6.10 Å². The molecule has 0 amide bonds. The Morgan fingerprint density at radius 1 is 0.947 bits per heavy atom. The molecule has 1 unspecified atom stereocenters. The van der Waals surface area contributed by atoms with Crippen LogP contribution in [0.4, 0.5) is 0 Å². The first kappa shape index (κ1) is 13.6. The number of hydrogen-bond donors (Lipinski definition) is 1. The zero-order valence-electron chi connectivity index (χ0n) is 11.8. The van der Waals surface area contributed by atoms with Crippen molar-refractivity contribution in [2.75, 3.05) is 0 Å². The first-order valence-corrected chi connectivity index (χ1v) is 6.69. The van der Waals surface area contributed by atoms with E-state index in [4.69, 9.17) is 10.5 Å². The highest BCUT2D eigenvalue weighted by molar-refractivity contribution is 5.71. The highest BCUT2D eigenvalue weighted by atomic mass is 16.5. The maximum Gasteiger partial charge on any atom is 0.127 e. The summed E-state index contributed by atoms with van der Waals surface area (Å²) in [4.78, 5) is 0. The zero-order valence-corrected chi connectivity index (χ0v) is 11.8. The van der Waals surface area contributed by atoms with E-state index < -0.39 is 0 Å². The lowest BCUT2D eigenvalue weighted by molar-refractivity contribution is 0.243. The third-order valence-corrected chi connectivity index (χ3v) is 2.97. The van der Waals surface area contributed by atoms with E-state index in [9.17, 15) is 0 Å². The van der Waals surface area contributed by atoms with Crippen LogP contribution in [0.5, 0.6) is 5.75 Å². The number of hydrogen-bond acceptors (Lipinski definition) is 2. The molecule has 0 aliphatic rings. The van der Waals surface area contributed by atoms with E-state index in [1.807, 2.05) is 45.0 Å². The van der Waals surface area contributed by atoms with Gasteiger partial charge in [-0.15, -0.1) is 0 Å². The number of rotatable bonds is 4. The molecule has 0 aliphatic heterocycles. The zero-order chi connectivity index (χ0) is 13.8. The van der Waals surface area contributed by atoms with Crippen molar-refractivity contribution < 1.29 is 4.74 Å². The Labute approximate surface area is 115 Å². The van der Waals surface area contributed by atoms with Gasteiger partial charge >= 0.3 is 0 Å². The highest BCUT2D eigenvalue weighted by Gasteiger charge is 2.08. The molecule has 1 atom stereocenters. The number of para-hydroxylation sites is 1. The van der Waals surface area contributed by atoms with Gasteiger partial charge in [-0.05, 0) is 44.0 Å². The standard InChI is InChI=1S/C17H21NO/c1-12(2)19-17-10-5-4-9-16(17)15-8-6-7-14(11-15)13(3)18/h4-13H,18H2,1-3H3. The predicted octanol–water partition coefficient (Wildman–Crippen LogP) is 4.16. The van der Waals surface area contributed by atoms with Gasteiger partial charge in [0.05, 0.1) is 6.10 Å². The van der Waals surface area contributed by atoms with Gasteiger partial charge in [0, 0.05) is 11.6 Å². The molecule has 0 aliphatic carbocycles. The van der Waals surface area contributed by atoms with Gasteiger partial charge in [-0.2, -0.15) is 0 Å². The summed E-state index contributed by atoms with van der Waals surface area (Å²) in [5, 5.41) is 0. The van der Waals surface area contributed by atoms with Crippen LogP contribution in [0.15, 0.2) is 48.5 Å². The molecule has 0 radical (unpaired) electrons. The van der Waals surface area contributed by atoms with E-state index in [1.165, 1.54) is 0 Å². The van der Waals surface area contributed by atoms with Crippen molar-refractivity contribution in [3.63, 3.8) is 0 Å². The van der Waals surface area contributed by atoms with Gasteiger partial charge in [0.2, 0.25) is 0 Å². The Hall–Kier alpha value is -1.80. The molecule has 19 heavy (non-hydrogen) atoms. The maximum atomic E-state index is 5.95. The summed E-state index contributed by atoms with van der Waals surface area (Å²) < 4.78 is 5.87. The Morgan fingerprint density at radius 2 is 1.68 bits per heavy atom. The molecule has 2 heteroatoms. The lowest BCUT2D eigenvalue weighted by atomic mass is 10.00. The molecule has 100 valence electrons. The molecule has 0 saturated carbocycles. The number of benzene rings is 2. The second kappa shape index (κ2) is 5.89. The fraction of sp³-hybridized carbons (Fsp3) is 0.294. The monoisotopic (exact) mass is 255 g/mol. The minimum atomic E-state index is 0.0399. The van der Waals surface area contributed by atoms with Crippen LogP contribution in [-0.2, 0) is 0 Å². The molecule has 2 N–H and O–H groups in total. The lowest BCUT2D eigenvalue weighted by Gasteiger charge is -2.15. The van der Waals surface area contributed by atoms with Gasteiger partial charge < -0.3 is 10.5 Å². The van der Waals surface area contributed by atoms with Gasteiger partial charge in [-0.3, -0.25) is 0 Å². The third kappa shape index (κ3) is 3.36. The molecular weight excluding hydrogens is 234 g/mol. The first-order valence-electron chi connectivity index (χ1n) is 6.69. The van der Waals surface area contributed by atoms with Crippen molar-refractivity contribution in [3.8, 4) is 16.9 Å². The van der Waals surface area contributed by atoms with Crippen LogP contribution in [0, 0.1) is 0 Å². The van der Waals surface area contributed by atoms with E-state index in [1.54, 1.807) is 0 Å². The highest BCUT2D eigenvalue weighted by Crippen LogP contribution is 2.31. The molecule has 0 aromatic heterocycles. The lowest BCUT2D eigenvalue weighted by Crippen LogP contribution is -2.07. The van der Waals surface area contributed by atoms with Crippen molar-refractivity contribution in [1.29, 1.82) is 0 Å². The minimum Gasteiger partial charge on any atom is -0.490 e. The Kier molecular flexibility index (Phi) is 4.23. The number of nitrogens with two attached hydrogens (primary N) is 1. The maximum absolute atomic E-state index is 5.95. The van der Waals surface area contributed by atoms with Crippen molar-refractivity contribution in [2.45, 2.75) is 32.9 Å². The summed E-state index contributed by atoms with van der Waals surface area (Å²) in [5.74, 6) is 0.916. The smallest absolute Gasteiger partial charge is 0.127 e. The molecule has 0 spiro atoms. The molecule has 0 bridgehead atoms. The van der Waals surface area contributed by atoms with Crippen LogP contribution in [0.25, 0.3) is 11.1 Å². The van der Waals surface area contributed by atoms with Gasteiger partial charge in [0.25, 0.3) is 0 Å². The Bertz CT molecular complexity index is 546. The second-order valence-corrected chi connectivity index (χ2v) is 5.08. The summed E-state index contributed by atoms with van der Waals surface area (Å²) >= 11 is 0. The molecule has 2 aromatic rings. The van der Waals surface area contributed by atoms with Crippen molar-refractivity contribution >= 4 is 0 Å². The summed E-state index contributed by atoms with van der Waals surface area (Å²) in [6.07, 6.45) is 0.165. The van der Waals surface area contributed by atoms with E-state index in [0.29, 0.717) is 0 Å². The van der Waals surface area contributed by atoms with Gasteiger partial charge in [0.1, 0.15) is 5.75 Å². The normalized spacial score (nSPS) is 12.5. The topological polar surface area (TPSA) is 35.2 Å². The number of ether oxygens (including phenoxy) is 1. The largest absolute Gasteiger partial charge is 0.490 e. The molecule has 2 rings (SSSR count). The molecular formula is C17H21NO. The van der Waals surface area contributed by atoms with Gasteiger partial charge in [0.15, 0.2) is 0 Å². The van der Waals surface area contributed by atoms with Gasteiger partial charge in [-0.1, -0.05) is 36.4 Å². The van der Waals surface area contributed by atoms with E-state index in [-0.39, 0.29) is 12.1 Å². The van der Waals surface area contributed by atoms with Crippen molar-refractivity contribution in [3.05, 3.63) is 54.1 Å². The van der Waals surface area contributed by atoms with Crippen LogP contribution in [0.2, 0.25) is 0 Å². The van der Waals surface area contributed by atoms with Gasteiger partial charge in [-0.25, -0.2) is 0 Å². The minimum absolute atomic E-state index is 0.0399. The van der Waals surface area contributed by atoms with E-state index in [0.717, 1.165) is 22.4 Å². The average molecular weight is 255 g/mol. The van der Waals surface area contributed by atoms with E-state index in [2.05, 4.69) is 24.3 Å². The van der Waals surface area contributed by atoms with Crippen LogP contribution < -0.4 is 10.5 Å². The summed E-state index contributed by atoms with van der Waals surface area (Å²) in [6, 6.07) is 16.5.